The number of nitrogens with one attached hydrogen (secondary N) is 1. The van der Waals surface area contributed by atoms with Crippen LogP contribution in [0.25, 0.3) is 10.9 Å². The Balaban J connectivity index is 1.66. The molecule has 0 aliphatic heterocycles. The number of para-hydroxylation sites is 1. The number of carbonyl (C=O) groups excluding carboxylic acids is 1. The zero-order chi connectivity index (χ0) is 16.1. The zero-order valence-electron chi connectivity index (χ0n) is 13.0. The Morgan fingerprint density at radius 3 is 2.52 bits per heavy atom. The number of hydrogen-bond acceptors (Lipinski definition) is 3. The smallest absolute Gasteiger partial charge is 0.293 e. The van der Waals surface area contributed by atoms with Crippen molar-refractivity contribution < 1.29 is 9.72 Å². The number of aromatic nitrogens is 1. The van der Waals surface area contributed by atoms with Gasteiger partial charge in [-0.25, -0.2) is 0 Å². The Hall–Kier alpha value is -2.37. The van der Waals surface area contributed by atoms with Crippen LogP contribution in [-0.2, 0) is 0 Å². The fourth-order valence-electron chi connectivity index (χ4n) is 3.63. The lowest BCUT2D eigenvalue weighted by molar-refractivity contribution is -0.383. The Labute approximate surface area is 133 Å². The Bertz CT molecular complexity index is 777. The number of nitrogens with zero attached hydrogens (tertiary/aromatic N) is 2. The number of aromatic amines is 1. The molecule has 4 rings (SSSR count). The van der Waals surface area contributed by atoms with Crippen LogP contribution in [0.2, 0.25) is 0 Å². The number of nitro groups is 1. The molecule has 0 spiro atoms. The molecular weight excluding hydrogens is 294 g/mol. The number of hydrogen-bond donors (Lipinski definition) is 1. The van der Waals surface area contributed by atoms with Crippen LogP contribution >= 0.6 is 0 Å². The summed E-state index contributed by atoms with van der Waals surface area (Å²) >= 11 is 0. The van der Waals surface area contributed by atoms with E-state index < -0.39 is 4.92 Å². The van der Waals surface area contributed by atoms with Gasteiger partial charge < -0.3 is 9.88 Å². The molecule has 1 heterocycles. The fourth-order valence-corrected chi connectivity index (χ4v) is 3.63. The molecule has 0 bridgehead atoms. The first-order valence-electron chi connectivity index (χ1n) is 8.09. The van der Waals surface area contributed by atoms with Crippen molar-refractivity contribution in [3.8, 4) is 0 Å². The number of rotatable bonds is 5. The minimum atomic E-state index is -0.423. The van der Waals surface area contributed by atoms with Gasteiger partial charge in [0, 0.05) is 24.5 Å². The lowest BCUT2D eigenvalue weighted by atomic mass is 10.1. The van der Waals surface area contributed by atoms with E-state index in [-0.39, 0.29) is 11.6 Å². The predicted octanol–water partition coefficient (Wildman–Crippen LogP) is 3.34. The Kier molecular flexibility index (Phi) is 3.14. The average molecular weight is 313 g/mol. The van der Waals surface area contributed by atoms with Crippen LogP contribution in [0.3, 0.4) is 0 Å². The Morgan fingerprint density at radius 1 is 1.30 bits per heavy atom. The predicted molar refractivity (Wildman–Crippen MR) is 86.3 cm³/mol. The van der Waals surface area contributed by atoms with Crippen molar-refractivity contribution in [2.75, 3.05) is 7.05 Å². The highest BCUT2D eigenvalue weighted by molar-refractivity contribution is 6.00. The molecule has 1 aromatic heterocycles. The van der Waals surface area contributed by atoms with Gasteiger partial charge in [0.15, 0.2) is 0 Å². The van der Waals surface area contributed by atoms with Crippen molar-refractivity contribution in [1.29, 1.82) is 0 Å². The van der Waals surface area contributed by atoms with Crippen LogP contribution in [-0.4, -0.2) is 33.8 Å². The first kappa shape index (κ1) is 14.2. The van der Waals surface area contributed by atoms with Crippen LogP contribution < -0.4 is 0 Å². The number of non-ortho nitro benzene ring substituents is 1. The topological polar surface area (TPSA) is 79.2 Å². The van der Waals surface area contributed by atoms with Crippen molar-refractivity contribution in [1.82, 2.24) is 9.88 Å². The molecule has 2 saturated carbocycles. The van der Waals surface area contributed by atoms with Gasteiger partial charge in [-0.2, -0.15) is 0 Å². The molecule has 0 atom stereocenters. The van der Waals surface area contributed by atoms with Crippen LogP contribution in [0.15, 0.2) is 24.3 Å². The lowest BCUT2D eigenvalue weighted by Crippen LogP contribution is -2.40. The number of nitro benzene ring substituents is 1. The minimum Gasteiger partial charge on any atom is -0.345 e. The number of H-pyrrole nitrogens is 1. The van der Waals surface area contributed by atoms with E-state index in [0.717, 1.165) is 0 Å². The van der Waals surface area contributed by atoms with Crippen LogP contribution in [0.4, 0.5) is 5.69 Å². The van der Waals surface area contributed by atoms with Gasteiger partial charge in [-0.1, -0.05) is 12.1 Å². The summed E-state index contributed by atoms with van der Waals surface area (Å²) in [5, 5.41) is 11.8. The summed E-state index contributed by atoms with van der Waals surface area (Å²) < 4.78 is 0. The van der Waals surface area contributed by atoms with Gasteiger partial charge in [-0.15, -0.1) is 0 Å². The van der Waals surface area contributed by atoms with Gasteiger partial charge in [0.1, 0.15) is 11.2 Å². The second kappa shape index (κ2) is 5.08. The maximum atomic E-state index is 12.8. The number of fused-ring (bicyclic) bond motifs is 1. The van der Waals surface area contributed by atoms with Gasteiger partial charge in [0.25, 0.3) is 11.6 Å². The summed E-state index contributed by atoms with van der Waals surface area (Å²) in [7, 11) is 1.86. The zero-order valence-corrected chi connectivity index (χ0v) is 13.0. The average Bonchev–Trinajstić information content (AvgIpc) is 3.45. The summed E-state index contributed by atoms with van der Waals surface area (Å²) in [4.78, 5) is 28.3. The Morgan fingerprint density at radius 2 is 1.96 bits per heavy atom. The molecule has 1 N–H and O–H groups in total. The monoisotopic (exact) mass is 313 g/mol. The highest BCUT2D eigenvalue weighted by Crippen LogP contribution is 2.47. The molecule has 23 heavy (non-hydrogen) atoms. The summed E-state index contributed by atoms with van der Waals surface area (Å²) in [6.45, 7) is 0. The minimum absolute atomic E-state index is 0.00476. The normalized spacial score (nSPS) is 17.7. The van der Waals surface area contributed by atoms with Gasteiger partial charge in [-0.3, -0.25) is 14.9 Å². The molecule has 2 aliphatic carbocycles. The molecule has 2 fully saturated rings. The third-order valence-corrected chi connectivity index (χ3v) is 5.04. The fraction of sp³-hybridized carbons (Fsp3) is 0.471. The van der Waals surface area contributed by atoms with E-state index in [9.17, 15) is 14.9 Å². The second-order valence-electron chi connectivity index (χ2n) is 6.76. The first-order chi connectivity index (χ1) is 11.1. The molecule has 1 amide bonds. The van der Waals surface area contributed by atoms with E-state index in [1.807, 2.05) is 11.9 Å². The highest BCUT2D eigenvalue weighted by Gasteiger charge is 2.45. The van der Waals surface area contributed by atoms with E-state index in [1.54, 1.807) is 18.2 Å². The molecule has 1 aromatic carbocycles. The van der Waals surface area contributed by atoms with Crippen molar-refractivity contribution in [2.24, 2.45) is 11.8 Å². The summed E-state index contributed by atoms with van der Waals surface area (Å²) in [5.74, 6) is 1.20. The van der Waals surface area contributed by atoms with E-state index in [2.05, 4.69) is 4.98 Å². The van der Waals surface area contributed by atoms with Gasteiger partial charge in [-0.05, 0) is 43.6 Å². The molecular formula is C17H19N3O3. The van der Waals surface area contributed by atoms with Crippen LogP contribution in [0, 0.1) is 22.0 Å². The molecule has 2 aliphatic rings. The molecule has 6 heteroatoms. The van der Waals surface area contributed by atoms with Gasteiger partial charge in [0.05, 0.1) is 4.92 Å². The highest BCUT2D eigenvalue weighted by atomic mass is 16.6. The lowest BCUT2D eigenvalue weighted by Gasteiger charge is -2.28. The maximum Gasteiger partial charge on any atom is 0.293 e. The molecule has 6 nitrogen and oxygen atoms in total. The van der Waals surface area contributed by atoms with Crippen LogP contribution in [0.1, 0.15) is 36.2 Å². The largest absolute Gasteiger partial charge is 0.345 e. The molecule has 0 unspecified atom stereocenters. The second-order valence-corrected chi connectivity index (χ2v) is 6.76. The SMILES string of the molecule is CN(C(=O)c1cc2cccc([N+](=O)[O-])c2[nH]1)C(C1CC1)C1CC1. The molecule has 0 radical (unpaired) electrons. The maximum absolute atomic E-state index is 12.8. The number of benzene rings is 1. The number of carbonyl (C=O) groups is 1. The molecule has 2 aromatic rings. The van der Waals surface area contributed by atoms with Gasteiger partial charge in [0.2, 0.25) is 0 Å². The van der Waals surface area contributed by atoms with E-state index in [1.165, 1.54) is 31.7 Å². The van der Waals surface area contributed by atoms with Crippen molar-refractivity contribution in [2.45, 2.75) is 31.7 Å². The standard InChI is InChI=1S/C17H19N3O3/c1-19(16(10-5-6-10)11-7-8-11)17(21)13-9-12-3-2-4-14(20(22)23)15(12)18-13/h2-4,9-11,16,18H,5-8H2,1H3. The van der Waals surface area contributed by atoms with Crippen molar-refractivity contribution in [3.63, 3.8) is 0 Å². The van der Waals surface area contributed by atoms with Crippen LogP contribution in [0.5, 0.6) is 0 Å². The van der Waals surface area contributed by atoms with E-state index >= 15 is 0 Å². The van der Waals surface area contributed by atoms with Crippen molar-refractivity contribution >= 4 is 22.5 Å². The third-order valence-electron chi connectivity index (χ3n) is 5.04. The summed E-state index contributed by atoms with van der Waals surface area (Å²) in [5.41, 5.74) is 0.858. The first-order valence-corrected chi connectivity index (χ1v) is 8.09. The quantitative estimate of drug-likeness (QED) is 0.679. The van der Waals surface area contributed by atoms with Gasteiger partial charge >= 0.3 is 0 Å². The summed E-state index contributed by atoms with van der Waals surface area (Å²) in [6, 6.07) is 6.92. The number of amides is 1. The van der Waals surface area contributed by atoms with E-state index in [0.29, 0.717) is 34.5 Å². The van der Waals surface area contributed by atoms with Crippen molar-refractivity contribution in [3.05, 3.63) is 40.1 Å². The van der Waals surface area contributed by atoms with E-state index in [4.69, 9.17) is 0 Å². The third kappa shape index (κ3) is 2.48. The summed E-state index contributed by atoms with van der Waals surface area (Å²) in [6.07, 6.45) is 4.82. The molecule has 120 valence electrons. The molecule has 0 saturated heterocycles.